The van der Waals surface area contributed by atoms with E-state index in [0.717, 1.165) is 25.6 Å². The number of sulfonamides is 1. The average Bonchev–Trinajstić information content (AvgIpc) is 3.10. The van der Waals surface area contributed by atoms with Gasteiger partial charge in [-0.2, -0.15) is 4.31 Å². The lowest BCUT2D eigenvalue weighted by Crippen LogP contribution is -2.54. The van der Waals surface area contributed by atoms with Gasteiger partial charge >= 0.3 is 0 Å². The van der Waals surface area contributed by atoms with Crippen LogP contribution in [0.15, 0.2) is 4.99 Å². The fourth-order valence-corrected chi connectivity index (χ4v) is 4.92. The molecule has 2 aliphatic rings. The Hall–Kier alpha value is -0.900. The minimum absolute atomic E-state index is 0.0494. The third kappa shape index (κ3) is 6.89. The summed E-state index contributed by atoms with van der Waals surface area (Å²) in [5.41, 5.74) is 0. The Bertz CT molecular complexity index is 574. The molecule has 158 valence electrons. The van der Waals surface area contributed by atoms with Crippen molar-refractivity contribution in [2.75, 3.05) is 71.8 Å². The summed E-state index contributed by atoms with van der Waals surface area (Å²) in [4.78, 5) is 9.03. The Morgan fingerprint density at radius 3 is 2.48 bits per heavy atom. The van der Waals surface area contributed by atoms with E-state index in [9.17, 15) is 8.42 Å². The molecule has 0 saturated carbocycles. The van der Waals surface area contributed by atoms with Gasteiger partial charge in [-0.3, -0.25) is 4.99 Å². The predicted molar refractivity (Wildman–Crippen MR) is 110 cm³/mol. The lowest BCUT2D eigenvalue weighted by Gasteiger charge is -2.36. The highest BCUT2D eigenvalue weighted by molar-refractivity contribution is 7.89. The van der Waals surface area contributed by atoms with E-state index in [0.29, 0.717) is 32.1 Å². The molecule has 9 heteroatoms. The van der Waals surface area contributed by atoms with Crippen molar-refractivity contribution in [3.8, 4) is 0 Å². The summed E-state index contributed by atoms with van der Waals surface area (Å²) in [5.74, 6) is 1.59. The third-order valence-corrected chi connectivity index (χ3v) is 7.14. The molecule has 1 N–H and O–H groups in total. The minimum Gasteiger partial charge on any atom is -0.378 e. The molecule has 27 heavy (non-hydrogen) atoms. The van der Waals surface area contributed by atoms with Gasteiger partial charge in [0.2, 0.25) is 10.0 Å². The number of hydrogen-bond donors (Lipinski definition) is 1. The van der Waals surface area contributed by atoms with Gasteiger partial charge in [-0.1, -0.05) is 6.92 Å². The zero-order chi connectivity index (χ0) is 19.9. The Kier molecular flexibility index (Phi) is 8.78. The second kappa shape index (κ2) is 10.6. The van der Waals surface area contributed by atoms with Crippen LogP contribution in [-0.2, 0) is 14.8 Å². The van der Waals surface area contributed by atoms with Gasteiger partial charge < -0.3 is 19.9 Å². The summed E-state index contributed by atoms with van der Waals surface area (Å²) in [6, 6.07) is 0. The molecule has 1 unspecified atom stereocenters. The number of piperazine rings is 1. The van der Waals surface area contributed by atoms with Crippen LogP contribution in [-0.4, -0.2) is 106 Å². The number of nitrogens with zero attached hydrogens (tertiary/aromatic N) is 4. The van der Waals surface area contributed by atoms with E-state index < -0.39 is 10.0 Å². The van der Waals surface area contributed by atoms with Crippen LogP contribution in [0.3, 0.4) is 0 Å². The summed E-state index contributed by atoms with van der Waals surface area (Å²) in [5, 5.41) is 3.49. The van der Waals surface area contributed by atoms with Gasteiger partial charge in [-0.25, -0.2) is 8.42 Å². The number of ether oxygens (including phenoxy) is 1. The maximum atomic E-state index is 12.4. The number of nitrogens with one attached hydrogen (secondary N) is 1. The zero-order valence-corrected chi connectivity index (χ0v) is 18.2. The van der Waals surface area contributed by atoms with Crippen molar-refractivity contribution >= 4 is 16.0 Å². The molecule has 0 aromatic heterocycles. The highest BCUT2D eigenvalue weighted by atomic mass is 32.2. The van der Waals surface area contributed by atoms with Gasteiger partial charge in [-0.05, 0) is 39.3 Å². The summed E-state index contributed by atoms with van der Waals surface area (Å²) in [6.45, 7) is 13.0. The smallest absolute Gasteiger partial charge is 0.216 e. The lowest BCUT2D eigenvalue weighted by atomic mass is 10.1. The minimum atomic E-state index is -3.25. The molecule has 0 aromatic rings. The van der Waals surface area contributed by atoms with Crippen molar-refractivity contribution in [3.63, 3.8) is 0 Å². The van der Waals surface area contributed by atoms with Gasteiger partial charge in [0.25, 0.3) is 0 Å². The van der Waals surface area contributed by atoms with Gasteiger partial charge in [0.15, 0.2) is 5.96 Å². The Labute approximate surface area is 165 Å². The molecule has 0 spiro atoms. The van der Waals surface area contributed by atoms with Crippen LogP contribution in [0.1, 0.15) is 27.2 Å². The molecular formula is C18H37N5O3S. The van der Waals surface area contributed by atoms with Gasteiger partial charge in [0.05, 0.1) is 18.5 Å². The topological polar surface area (TPSA) is 77.5 Å². The first-order valence-electron chi connectivity index (χ1n) is 10.1. The van der Waals surface area contributed by atoms with E-state index >= 15 is 0 Å². The van der Waals surface area contributed by atoms with Crippen molar-refractivity contribution < 1.29 is 13.2 Å². The number of aliphatic imine (C=N–C) groups is 1. The molecule has 2 saturated heterocycles. The third-order valence-electron chi connectivity index (χ3n) is 5.30. The summed E-state index contributed by atoms with van der Waals surface area (Å²) >= 11 is 0. The highest BCUT2D eigenvalue weighted by Gasteiger charge is 2.28. The van der Waals surface area contributed by atoms with Crippen LogP contribution in [0.4, 0.5) is 0 Å². The number of likely N-dealkylation sites (tertiary alicyclic amines) is 1. The predicted octanol–water partition coefficient (Wildman–Crippen LogP) is 0.276. The fourth-order valence-electron chi connectivity index (χ4n) is 3.63. The molecule has 2 rings (SSSR count). The second-order valence-corrected chi connectivity index (χ2v) is 9.69. The first kappa shape index (κ1) is 22.4. The molecule has 0 aromatic carbocycles. The molecule has 0 amide bonds. The van der Waals surface area contributed by atoms with E-state index in [-0.39, 0.29) is 18.5 Å². The number of guanidine groups is 1. The van der Waals surface area contributed by atoms with Crippen LogP contribution in [0.5, 0.6) is 0 Å². The standard InChI is InChI=1S/C18H37N5O3S/c1-5-21-7-6-17(15-21)14-20-18(19-4)22-8-10-23(11-9-22)27(24,25)13-12-26-16(2)3/h16-17H,5-15H2,1-4H3,(H,19,20). The summed E-state index contributed by atoms with van der Waals surface area (Å²) < 4.78 is 31.9. The van der Waals surface area contributed by atoms with Crippen LogP contribution in [0.25, 0.3) is 0 Å². The van der Waals surface area contributed by atoms with E-state index in [1.807, 2.05) is 13.8 Å². The Balaban J connectivity index is 1.76. The molecular weight excluding hydrogens is 366 g/mol. The largest absolute Gasteiger partial charge is 0.378 e. The highest BCUT2D eigenvalue weighted by Crippen LogP contribution is 2.15. The SMILES string of the molecule is CCN1CCC(CNC(=NC)N2CCN(S(=O)(=O)CCOC(C)C)CC2)C1. The van der Waals surface area contributed by atoms with Crippen LogP contribution in [0, 0.1) is 5.92 Å². The second-order valence-electron chi connectivity index (χ2n) is 7.60. The zero-order valence-electron chi connectivity index (χ0n) is 17.4. The quantitative estimate of drug-likeness (QED) is 0.463. The van der Waals surface area contributed by atoms with Gasteiger partial charge in [-0.15, -0.1) is 0 Å². The van der Waals surface area contributed by atoms with Crippen LogP contribution < -0.4 is 5.32 Å². The monoisotopic (exact) mass is 403 g/mol. The molecule has 0 radical (unpaired) electrons. The summed E-state index contributed by atoms with van der Waals surface area (Å²) in [7, 11) is -1.46. The Morgan fingerprint density at radius 1 is 1.22 bits per heavy atom. The van der Waals surface area contributed by atoms with Crippen molar-refractivity contribution in [2.45, 2.75) is 33.3 Å². The number of hydrogen-bond acceptors (Lipinski definition) is 5. The molecule has 2 aliphatic heterocycles. The maximum absolute atomic E-state index is 12.4. The summed E-state index contributed by atoms with van der Waals surface area (Å²) in [6.07, 6.45) is 1.28. The molecule has 1 atom stereocenters. The molecule has 0 bridgehead atoms. The molecule has 2 heterocycles. The van der Waals surface area contributed by atoms with Crippen LogP contribution in [0.2, 0.25) is 0 Å². The first-order valence-corrected chi connectivity index (χ1v) is 11.7. The lowest BCUT2D eigenvalue weighted by molar-refractivity contribution is 0.0904. The van der Waals surface area contributed by atoms with Crippen molar-refractivity contribution in [2.24, 2.45) is 10.9 Å². The number of rotatable bonds is 8. The average molecular weight is 404 g/mol. The van der Waals surface area contributed by atoms with Crippen LogP contribution >= 0.6 is 0 Å². The van der Waals surface area contributed by atoms with Crippen molar-refractivity contribution in [1.29, 1.82) is 0 Å². The normalized spacial score (nSPS) is 23.4. The van der Waals surface area contributed by atoms with Gasteiger partial charge in [0.1, 0.15) is 0 Å². The van der Waals surface area contributed by atoms with Gasteiger partial charge in [0, 0.05) is 46.3 Å². The first-order chi connectivity index (χ1) is 12.9. The maximum Gasteiger partial charge on any atom is 0.216 e. The van der Waals surface area contributed by atoms with E-state index in [2.05, 4.69) is 27.0 Å². The Morgan fingerprint density at radius 2 is 1.93 bits per heavy atom. The molecule has 8 nitrogen and oxygen atoms in total. The van der Waals surface area contributed by atoms with E-state index in [4.69, 9.17) is 4.74 Å². The van der Waals surface area contributed by atoms with Crippen molar-refractivity contribution in [3.05, 3.63) is 0 Å². The molecule has 2 fully saturated rings. The van der Waals surface area contributed by atoms with Crippen molar-refractivity contribution in [1.82, 2.24) is 19.4 Å². The van der Waals surface area contributed by atoms with E-state index in [1.54, 1.807) is 11.4 Å². The van der Waals surface area contributed by atoms with E-state index in [1.165, 1.54) is 13.0 Å². The fraction of sp³-hybridized carbons (Fsp3) is 0.944. The molecule has 0 aliphatic carbocycles.